The molecular weight excluding hydrogens is 244 g/mol. The molecule has 1 atom stereocenters. The maximum absolute atomic E-state index is 11.0. The molecule has 0 saturated heterocycles. The zero-order valence-electron chi connectivity index (χ0n) is 9.56. The van der Waals surface area contributed by atoms with E-state index in [-0.39, 0.29) is 11.8 Å². The van der Waals surface area contributed by atoms with Crippen LogP contribution in [0.4, 0.5) is 0 Å². The first kappa shape index (κ1) is 13.6. The van der Waals surface area contributed by atoms with Crippen LogP contribution in [0.1, 0.15) is 30.0 Å². The minimum atomic E-state index is -2.87. The summed E-state index contributed by atoms with van der Waals surface area (Å²) in [5, 5.41) is 4.12. The molecule has 0 saturated carbocycles. The van der Waals surface area contributed by atoms with Gasteiger partial charge in [-0.05, 0) is 41.7 Å². The van der Waals surface area contributed by atoms with Crippen molar-refractivity contribution in [3.63, 3.8) is 0 Å². The van der Waals surface area contributed by atoms with Crippen LogP contribution in [0.2, 0.25) is 0 Å². The Bertz CT molecular complexity index is 426. The first-order valence-corrected chi connectivity index (χ1v) is 8.11. The van der Waals surface area contributed by atoms with E-state index in [9.17, 15) is 8.42 Å². The van der Waals surface area contributed by atoms with Gasteiger partial charge in [-0.15, -0.1) is 0 Å². The van der Waals surface area contributed by atoms with Crippen molar-refractivity contribution in [3.05, 3.63) is 21.9 Å². The predicted octanol–water partition coefficient (Wildman–Crippen LogP) is 1.39. The van der Waals surface area contributed by atoms with Gasteiger partial charge in [-0.2, -0.15) is 11.3 Å². The van der Waals surface area contributed by atoms with Crippen LogP contribution in [0.5, 0.6) is 0 Å². The largest absolute Gasteiger partial charge is 0.271 e. The Morgan fingerprint density at radius 2 is 2.19 bits per heavy atom. The third-order valence-electron chi connectivity index (χ3n) is 2.48. The number of rotatable bonds is 6. The molecule has 0 fully saturated rings. The Labute approximate surface area is 101 Å². The van der Waals surface area contributed by atoms with E-state index in [0.717, 1.165) is 6.42 Å². The molecule has 0 aliphatic heterocycles. The Morgan fingerprint density at radius 3 is 2.62 bits per heavy atom. The smallest absolute Gasteiger partial charge is 0.147 e. The minimum Gasteiger partial charge on any atom is -0.271 e. The lowest BCUT2D eigenvalue weighted by Crippen LogP contribution is -2.28. The normalized spacial score (nSPS) is 13.9. The van der Waals surface area contributed by atoms with Crippen molar-refractivity contribution in [1.29, 1.82) is 0 Å². The van der Waals surface area contributed by atoms with Crippen molar-refractivity contribution < 1.29 is 8.42 Å². The summed E-state index contributed by atoms with van der Waals surface area (Å²) in [6, 6.07) is 0.0491. The first-order chi connectivity index (χ1) is 7.44. The zero-order chi connectivity index (χ0) is 12.2. The maximum Gasteiger partial charge on any atom is 0.147 e. The van der Waals surface area contributed by atoms with E-state index in [1.54, 1.807) is 11.3 Å². The van der Waals surface area contributed by atoms with E-state index in [2.05, 4.69) is 16.2 Å². The van der Waals surface area contributed by atoms with Crippen LogP contribution >= 0.6 is 11.3 Å². The van der Waals surface area contributed by atoms with Gasteiger partial charge in [0.25, 0.3) is 0 Å². The van der Waals surface area contributed by atoms with Gasteiger partial charge >= 0.3 is 0 Å². The molecule has 1 aromatic rings. The molecule has 16 heavy (non-hydrogen) atoms. The van der Waals surface area contributed by atoms with Crippen molar-refractivity contribution in [3.8, 4) is 0 Å². The quantitative estimate of drug-likeness (QED) is 0.600. The second kappa shape index (κ2) is 5.77. The zero-order valence-corrected chi connectivity index (χ0v) is 11.2. The van der Waals surface area contributed by atoms with Gasteiger partial charge in [-0.3, -0.25) is 11.3 Å². The molecule has 6 heteroatoms. The van der Waals surface area contributed by atoms with Gasteiger partial charge in [0.15, 0.2) is 0 Å². The molecule has 1 aromatic heterocycles. The van der Waals surface area contributed by atoms with E-state index < -0.39 is 9.84 Å². The summed E-state index contributed by atoms with van der Waals surface area (Å²) in [5.74, 6) is 5.70. The van der Waals surface area contributed by atoms with Gasteiger partial charge in [-0.1, -0.05) is 0 Å². The van der Waals surface area contributed by atoms with Crippen molar-refractivity contribution in [2.75, 3.05) is 12.0 Å². The maximum atomic E-state index is 11.0. The molecular formula is C10H18N2O2S2. The Morgan fingerprint density at radius 1 is 1.50 bits per heavy atom. The molecule has 1 heterocycles. The second-order valence-electron chi connectivity index (χ2n) is 4.00. The van der Waals surface area contributed by atoms with Gasteiger partial charge in [0.1, 0.15) is 9.84 Å². The molecule has 0 radical (unpaired) electrons. The summed E-state index contributed by atoms with van der Waals surface area (Å²) < 4.78 is 22.0. The molecule has 0 aromatic carbocycles. The summed E-state index contributed by atoms with van der Waals surface area (Å²) >= 11 is 1.64. The van der Waals surface area contributed by atoms with E-state index in [1.165, 1.54) is 17.4 Å². The van der Waals surface area contributed by atoms with Crippen LogP contribution in [-0.4, -0.2) is 20.4 Å². The average Bonchev–Trinajstić information content (AvgIpc) is 2.58. The van der Waals surface area contributed by atoms with E-state index in [0.29, 0.717) is 6.42 Å². The predicted molar refractivity (Wildman–Crippen MR) is 68.1 cm³/mol. The summed E-state index contributed by atoms with van der Waals surface area (Å²) in [4.78, 5) is 0. The number of sulfone groups is 1. The third-order valence-corrected chi connectivity index (χ3v) is 4.39. The topological polar surface area (TPSA) is 72.2 Å². The fourth-order valence-electron chi connectivity index (χ4n) is 1.61. The van der Waals surface area contributed by atoms with Gasteiger partial charge in [-0.25, -0.2) is 8.42 Å². The van der Waals surface area contributed by atoms with Crippen LogP contribution in [0.15, 0.2) is 10.8 Å². The Kier molecular flexibility index (Phi) is 4.91. The van der Waals surface area contributed by atoms with E-state index >= 15 is 0 Å². The number of nitrogens with two attached hydrogens (primary N) is 1. The Hall–Kier alpha value is -0.430. The summed E-state index contributed by atoms with van der Waals surface area (Å²) in [6.45, 7) is 2.03. The van der Waals surface area contributed by atoms with Crippen molar-refractivity contribution >= 4 is 21.2 Å². The van der Waals surface area contributed by atoms with Crippen LogP contribution in [0.25, 0.3) is 0 Å². The number of hydrazine groups is 1. The monoisotopic (exact) mass is 262 g/mol. The highest BCUT2D eigenvalue weighted by molar-refractivity contribution is 7.90. The van der Waals surface area contributed by atoms with Crippen molar-refractivity contribution in [2.24, 2.45) is 5.84 Å². The van der Waals surface area contributed by atoms with Gasteiger partial charge in [0.2, 0.25) is 0 Å². The van der Waals surface area contributed by atoms with Gasteiger partial charge in [0.05, 0.1) is 0 Å². The number of hydrogen-bond donors (Lipinski definition) is 2. The van der Waals surface area contributed by atoms with Crippen LogP contribution in [-0.2, 0) is 9.84 Å². The number of nitrogens with one attached hydrogen (secondary N) is 1. The molecule has 0 aliphatic rings. The highest BCUT2D eigenvalue weighted by atomic mass is 32.2. The average molecular weight is 262 g/mol. The third kappa shape index (κ3) is 4.21. The summed E-state index contributed by atoms with van der Waals surface area (Å²) in [7, 11) is -2.87. The van der Waals surface area contributed by atoms with Gasteiger partial charge in [0, 0.05) is 18.1 Å². The molecule has 0 aliphatic carbocycles. The second-order valence-corrected chi connectivity index (χ2v) is 7.00. The number of thiophene rings is 1. The standard InChI is InChI=1S/C10H18N2O2S2/c1-8-6-15-7-9(8)10(12-11)4-3-5-16(2,13)14/h6-7,10,12H,3-5,11H2,1-2H3. The van der Waals surface area contributed by atoms with Crippen molar-refractivity contribution in [2.45, 2.75) is 25.8 Å². The van der Waals surface area contributed by atoms with Crippen molar-refractivity contribution in [1.82, 2.24) is 5.43 Å². The summed E-state index contributed by atoms with van der Waals surface area (Å²) in [6.07, 6.45) is 2.62. The lowest BCUT2D eigenvalue weighted by atomic mass is 10.0. The number of aryl methyl sites for hydroxylation is 1. The minimum absolute atomic E-state index is 0.0491. The van der Waals surface area contributed by atoms with Gasteiger partial charge < -0.3 is 0 Å². The summed E-state index contributed by atoms with van der Waals surface area (Å²) in [5.41, 5.74) is 5.11. The fraction of sp³-hybridized carbons (Fsp3) is 0.600. The van der Waals surface area contributed by atoms with Crippen LogP contribution < -0.4 is 11.3 Å². The molecule has 92 valence electrons. The highest BCUT2D eigenvalue weighted by Gasteiger charge is 2.13. The molecule has 1 unspecified atom stereocenters. The highest BCUT2D eigenvalue weighted by Crippen LogP contribution is 2.24. The fourth-order valence-corrected chi connectivity index (χ4v) is 3.20. The van der Waals surface area contributed by atoms with E-state index in [4.69, 9.17) is 5.84 Å². The number of hydrogen-bond acceptors (Lipinski definition) is 5. The van der Waals surface area contributed by atoms with E-state index in [1.807, 2.05) is 6.92 Å². The SMILES string of the molecule is Cc1cscc1C(CCCS(C)(=O)=O)NN. The molecule has 3 N–H and O–H groups in total. The molecule has 4 nitrogen and oxygen atoms in total. The lowest BCUT2D eigenvalue weighted by Gasteiger charge is -2.15. The van der Waals surface area contributed by atoms with Crippen LogP contribution in [0.3, 0.4) is 0 Å². The molecule has 0 spiro atoms. The molecule has 0 bridgehead atoms. The molecule has 0 amide bonds. The lowest BCUT2D eigenvalue weighted by molar-refractivity contribution is 0.507. The first-order valence-electron chi connectivity index (χ1n) is 5.10. The van der Waals surface area contributed by atoms with Crippen LogP contribution in [0, 0.1) is 6.92 Å². The molecule has 1 rings (SSSR count). The Balaban J connectivity index is 2.54.